The van der Waals surface area contributed by atoms with Gasteiger partial charge >= 0.3 is 0 Å². The maximum atomic E-state index is 12.0. The number of amides is 2. The molecule has 2 amide bonds. The molecule has 0 aliphatic heterocycles. The van der Waals surface area contributed by atoms with Gasteiger partial charge in [-0.25, -0.2) is 0 Å². The van der Waals surface area contributed by atoms with Crippen LogP contribution in [0.25, 0.3) is 6.08 Å². The lowest BCUT2D eigenvalue weighted by molar-refractivity contribution is -0.385. The van der Waals surface area contributed by atoms with Gasteiger partial charge in [-0.3, -0.25) is 19.7 Å². The molecule has 140 valence electrons. The van der Waals surface area contributed by atoms with Crippen LogP contribution in [0.2, 0.25) is 0 Å². The molecule has 2 aromatic rings. The Labute approximate surface area is 164 Å². The predicted molar refractivity (Wildman–Crippen MR) is 107 cm³/mol. The third-order valence-corrected chi connectivity index (χ3v) is 4.17. The summed E-state index contributed by atoms with van der Waals surface area (Å²) in [7, 11) is 0. The van der Waals surface area contributed by atoms with Crippen LogP contribution in [0.1, 0.15) is 17.5 Å². The summed E-state index contributed by atoms with van der Waals surface area (Å²) in [6.45, 7) is 2.04. The molecule has 27 heavy (non-hydrogen) atoms. The second-order valence-electron chi connectivity index (χ2n) is 5.70. The van der Waals surface area contributed by atoms with Gasteiger partial charge in [-0.2, -0.15) is 0 Å². The normalized spacial score (nSPS) is 10.6. The Balaban J connectivity index is 1.83. The van der Waals surface area contributed by atoms with E-state index in [4.69, 9.17) is 0 Å². The first-order chi connectivity index (χ1) is 12.9. The van der Waals surface area contributed by atoms with Crippen LogP contribution < -0.4 is 10.6 Å². The van der Waals surface area contributed by atoms with Crippen LogP contribution in [-0.4, -0.2) is 23.3 Å². The minimum absolute atomic E-state index is 0.0784. The Kier molecular flexibility index (Phi) is 7.25. The lowest BCUT2D eigenvalue weighted by Crippen LogP contribution is -2.26. The third-order valence-electron chi connectivity index (χ3n) is 3.67. The minimum atomic E-state index is -0.508. The maximum absolute atomic E-state index is 12.0. The van der Waals surface area contributed by atoms with Crippen LogP contribution in [0.4, 0.5) is 11.4 Å². The summed E-state index contributed by atoms with van der Waals surface area (Å²) in [5, 5.41) is 16.3. The molecule has 0 atom stereocenters. The Morgan fingerprint density at radius 1 is 1.22 bits per heavy atom. The maximum Gasteiger partial charge on any atom is 0.276 e. The molecule has 2 N–H and O–H groups in total. The van der Waals surface area contributed by atoms with Crippen LogP contribution in [0, 0.1) is 17.0 Å². The fourth-order valence-corrected chi connectivity index (χ4v) is 2.62. The standard InChI is InChI=1S/C19H18BrN3O4/c1-13-6-8-15(20)12-16(13)22-19(25)10-11-21-18(24)9-7-14-4-2-3-5-17(14)23(26)27/h2-9,12H,10-11H2,1H3,(H,21,24)(H,22,25)/b9-7+. The van der Waals surface area contributed by atoms with Crippen molar-refractivity contribution in [3.05, 3.63) is 74.3 Å². The molecule has 0 saturated carbocycles. The van der Waals surface area contributed by atoms with Crippen molar-refractivity contribution < 1.29 is 14.5 Å². The Morgan fingerprint density at radius 3 is 2.70 bits per heavy atom. The summed E-state index contributed by atoms with van der Waals surface area (Å²) in [6.07, 6.45) is 2.69. The fraction of sp³-hybridized carbons (Fsp3) is 0.158. The number of hydrogen-bond donors (Lipinski definition) is 2. The van der Waals surface area contributed by atoms with Gasteiger partial charge in [0.1, 0.15) is 0 Å². The van der Waals surface area contributed by atoms with Crippen molar-refractivity contribution in [3.63, 3.8) is 0 Å². The molecule has 0 radical (unpaired) electrons. The van der Waals surface area contributed by atoms with Crippen molar-refractivity contribution in [1.29, 1.82) is 0 Å². The smallest absolute Gasteiger partial charge is 0.276 e. The minimum Gasteiger partial charge on any atom is -0.352 e. The molecule has 0 unspecified atom stereocenters. The summed E-state index contributed by atoms with van der Waals surface area (Å²) < 4.78 is 0.858. The van der Waals surface area contributed by atoms with E-state index in [-0.39, 0.29) is 24.6 Å². The second-order valence-corrected chi connectivity index (χ2v) is 6.61. The van der Waals surface area contributed by atoms with Crippen molar-refractivity contribution in [2.75, 3.05) is 11.9 Å². The second kappa shape index (κ2) is 9.63. The number of nitrogens with one attached hydrogen (secondary N) is 2. The van der Waals surface area contributed by atoms with Gasteiger partial charge in [-0.15, -0.1) is 0 Å². The first kappa shape index (κ1) is 20.3. The van der Waals surface area contributed by atoms with Crippen molar-refractivity contribution >= 4 is 45.2 Å². The molecule has 0 aliphatic carbocycles. The van der Waals surface area contributed by atoms with E-state index in [9.17, 15) is 19.7 Å². The zero-order chi connectivity index (χ0) is 19.8. The monoisotopic (exact) mass is 431 g/mol. The van der Waals surface area contributed by atoms with E-state index >= 15 is 0 Å². The highest BCUT2D eigenvalue weighted by molar-refractivity contribution is 9.10. The van der Waals surface area contributed by atoms with E-state index in [0.29, 0.717) is 11.3 Å². The van der Waals surface area contributed by atoms with E-state index < -0.39 is 10.8 Å². The summed E-state index contributed by atoms with van der Waals surface area (Å²) in [6, 6.07) is 11.7. The van der Waals surface area contributed by atoms with Crippen molar-refractivity contribution in [2.24, 2.45) is 0 Å². The highest BCUT2D eigenvalue weighted by Crippen LogP contribution is 2.21. The van der Waals surface area contributed by atoms with E-state index in [1.54, 1.807) is 24.3 Å². The number of rotatable bonds is 7. The molecule has 0 fully saturated rings. The predicted octanol–water partition coefficient (Wildman–Crippen LogP) is 3.82. The van der Waals surface area contributed by atoms with Gasteiger partial charge < -0.3 is 10.6 Å². The molecule has 0 aliphatic rings. The molecule has 0 spiro atoms. The van der Waals surface area contributed by atoms with Crippen LogP contribution >= 0.6 is 15.9 Å². The number of carbonyl (C=O) groups excluding carboxylic acids is 2. The number of anilines is 1. The molecule has 0 bridgehead atoms. The Hall–Kier alpha value is -3.00. The number of benzene rings is 2. The number of nitro benzene ring substituents is 1. The molecule has 7 nitrogen and oxygen atoms in total. The first-order valence-electron chi connectivity index (χ1n) is 8.12. The number of nitrogens with zero attached hydrogens (tertiary/aromatic N) is 1. The van der Waals surface area contributed by atoms with E-state index in [2.05, 4.69) is 26.6 Å². The van der Waals surface area contributed by atoms with Crippen molar-refractivity contribution in [3.8, 4) is 0 Å². The summed E-state index contributed by atoms with van der Waals surface area (Å²) in [5.74, 6) is -0.654. The highest BCUT2D eigenvalue weighted by atomic mass is 79.9. The Bertz CT molecular complexity index is 896. The third kappa shape index (κ3) is 6.34. The molecule has 0 aromatic heterocycles. The molecular formula is C19H18BrN3O4. The van der Waals surface area contributed by atoms with Gasteiger partial charge in [0.15, 0.2) is 0 Å². The number of nitro groups is 1. The summed E-state index contributed by atoms with van der Waals surface area (Å²) in [5.41, 5.74) is 1.89. The van der Waals surface area contributed by atoms with Crippen LogP contribution in [-0.2, 0) is 9.59 Å². The molecule has 0 saturated heterocycles. The highest BCUT2D eigenvalue weighted by Gasteiger charge is 2.10. The van der Waals surface area contributed by atoms with E-state index in [1.165, 1.54) is 18.2 Å². The summed E-state index contributed by atoms with van der Waals surface area (Å²) in [4.78, 5) is 34.2. The lowest BCUT2D eigenvalue weighted by Gasteiger charge is -2.09. The van der Waals surface area contributed by atoms with Crippen LogP contribution in [0.5, 0.6) is 0 Å². The average Bonchev–Trinajstić information content (AvgIpc) is 2.63. The number of hydrogen-bond acceptors (Lipinski definition) is 4. The van der Waals surface area contributed by atoms with E-state index in [0.717, 1.165) is 10.0 Å². The molecule has 8 heteroatoms. The average molecular weight is 432 g/mol. The number of carbonyl (C=O) groups is 2. The van der Waals surface area contributed by atoms with E-state index in [1.807, 2.05) is 19.1 Å². The first-order valence-corrected chi connectivity index (χ1v) is 8.91. The SMILES string of the molecule is Cc1ccc(Br)cc1NC(=O)CCNC(=O)/C=C/c1ccccc1[N+](=O)[O-]. The molecule has 2 rings (SSSR count). The molecular weight excluding hydrogens is 414 g/mol. The van der Waals surface area contributed by atoms with Gasteiger partial charge in [0.05, 0.1) is 10.5 Å². The summed E-state index contributed by atoms with van der Waals surface area (Å²) >= 11 is 3.35. The van der Waals surface area contributed by atoms with Crippen molar-refractivity contribution in [1.82, 2.24) is 5.32 Å². The van der Waals surface area contributed by atoms with Crippen LogP contribution in [0.15, 0.2) is 53.0 Å². The zero-order valence-corrected chi connectivity index (χ0v) is 16.2. The van der Waals surface area contributed by atoms with Gasteiger partial charge in [0.25, 0.3) is 5.69 Å². The van der Waals surface area contributed by atoms with Crippen molar-refractivity contribution in [2.45, 2.75) is 13.3 Å². The van der Waals surface area contributed by atoms with Gasteiger partial charge in [0, 0.05) is 35.3 Å². The molecule has 0 heterocycles. The van der Waals surface area contributed by atoms with Gasteiger partial charge in [-0.1, -0.05) is 34.1 Å². The number of aryl methyl sites for hydroxylation is 1. The molecule has 2 aromatic carbocycles. The van der Waals surface area contributed by atoms with Gasteiger partial charge in [-0.05, 0) is 36.8 Å². The largest absolute Gasteiger partial charge is 0.352 e. The van der Waals surface area contributed by atoms with Gasteiger partial charge in [0.2, 0.25) is 11.8 Å². The quantitative estimate of drug-likeness (QED) is 0.395. The van der Waals surface area contributed by atoms with Crippen LogP contribution in [0.3, 0.4) is 0 Å². The topological polar surface area (TPSA) is 101 Å². The number of para-hydroxylation sites is 1. The zero-order valence-electron chi connectivity index (χ0n) is 14.6. The fourth-order valence-electron chi connectivity index (χ4n) is 2.26. The Morgan fingerprint density at radius 2 is 1.96 bits per heavy atom. The number of halogens is 1. The lowest BCUT2D eigenvalue weighted by atomic mass is 10.1.